The van der Waals surface area contributed by atoms with Gasteiger partial charge in [-0.25, -0.2) is 0 Å². The van der Waals surface area contributed by atoms with Crippen LogP contribution >= 0.6 is 0 Å². The van der Waals surface area contributed by atoms with Gasteiger partial charge in [-0.2, -0.15) is 0 Å². The molecule has 1 aromatic carbocycles. The number of benzene rings is 1. The van der Waals surface area contributed by atoms with Crippen molar-refractivity contribution in [1.29, 1.82) is 0 Å². The van der Waals surface area contributed by atoms with E-state index in [0.29, 0.717) is 13.1 Å². The fourth-order valence-corrected chi connectivity index (χ4v) is 3.28. The van der Waals surface area contributed by atoms with Crippen molar-refractivity contribution in [2.75, 3.05) is 52.4 Å². The van der Waals surface area contributed by atoms with E-state index < -0.39 is 0 Å². The minimum absolute atomic E-state index is 0.0730. The predicted molar refractivity (Wildman–Crippen MR) is 98.4 cm³/mol. The Balaban J connectivity index is 1.42. The number of piperazine rings is 1. The van der Waals surface area contributed by atoms with E-state index >= 15 is 0 Å². The zero-order chi connectivity index (χ0) is 17.5. The number of fused-ring (bicyclic) bond motifs is 1. The van der Waals surface area contributed by atoms with Gasteiger partial charge in [-0.3, -0.25) is 19.6 Å². The van der Waals surface area contributed by atoms with Crippen LogP contribution < -0.4 is 5.32 Å². The number of carbonyl (C=O) groups excluding carboxylic acids is 1. The van der Waals surface area contributed by atoms with Gasteiger partial charge in [0, 0.05) is 50.9 Å². The fraction of sp³-hybridized carbons (Fsp3) is 0.474. The molecule has 134 valence electrons. The van der Waals surface area contributed by atoms with Crippen molar-refractivity contribution >= 4 is 16.8 Å². The highest BCUT2D eigenvalue weighted by Gasteiger charge is 2.18. The molecule has 6 nitrogen and oxygen atoms in total. The maximum absolute atomic E-state index is 12.2. The van der Waals surface area contributed by atoms with Gasteiger partial charge in [0.05, 0.1) is 18.7 Å². The number of pyridine rings is 1. The number of hydrogen-bond acceptors (Lipinski definition) is 5. The number of para-hydroxylation sites is 1. The first-order valence-corrected chi connectivity index (χ1v) is 8.91. The van der Waals surface area contributed by atoms with Gasteiger partial charge in [-0.1, -0.05) is 24.3 Å². The second kappa shape index (κ2) is 8.89. The zero-order valence-corrected chi connectivity index (χ0v) is 14.5. The Labute approximate surface area is 148 Å². The Morgan fingerprint density at radius 3 is 2.68 bits per heavy atom. The molecule has 1 aliphatic rings. The summed E-state index contributed by atoms with van der Waals surface area (Å²) in [7, 11) is 0. The number of hydrogen-bond donors (Lipinski definition) is 2. The molecule has 0 bridgehead atoms. The summed E-state index contributed by atoms with van der Waals surface area (Å²) in [6.45, 7) is 5.56. The Bertz CT molecular complexity index is 693. The Kier molecular flexibility index (Phi) is 6.33. The molecule has 1 fully saturated rings. The molecule has 3 rings (SSSR count). The van der Waals surface area contributed by atoms with Crippen LogP contribution in [-0.4, -0.2) is 78.2 Å². The lowest BCUT2D eigenvalue weighted by atomic mass is 10.1. The zero-order valence-electron chi connectivity index (χ0n) is 14.5. The quantitative estimate of drug-likeness (QED) is 0.767. The summed E-state index contributed by atoms with van der Waals surface area (Å²) in [6.07, 6.45) is 2.59. The van der Waals surface area contributed by atoms with Crippen LogP contribution in [0, 0.1) is 0 Å². The number of nitrogens with one attached hydrogen (secondary N) is 1. The standard InChI is InChI=1S/C19H26N4O2/c24-14-13-22-9-11-23(12-10-22)15-18(25)20-8-6-17-4-1-3-16-5-2-7-21-19(16)17/h1-5,7,24H,6,8-15H2,(H,20,25). The highest BCUT2D eigenvalue weighted by atomic mass is 16.3. The number of aliphatic hydroxyl groups is 1. The number of rotatable bonds is 7. The van der Waals surface area contributed by atoms with Crippen LogP contribution in [0.3, 0.4) is 0 Å². The SMILES string of the molecule is O=C(CN1CCN(CCO)CC1)NCCc1cccc2cccnc12. The molecule has 1 amide bonds. The van der Waals surface area contributed by atoms with Gasteiger partial charge >= 0.3 is 0 Å². The van der Waals surface area contributed by atoms with E-state index in [9.17, 15) is 4.79 Å². The van der Waals surface area contributed by atoms with Gasteiger partial charge in [0.1, 0.15) is 0 Å². The van der Waals surface area contributed by atoms with Crippen LogP contribution in [0.25, 0.3) is 10.9 Å². The van der Waals surface area contributed by atoms with Crippen molar-refractivity contribution in [3.05, 3.63) is 42.1 Å². The molecule has 2 heterocycles. The molecule has 1 saturated heterocycles. The first-order chi connectivity index (χ1) is 12.3. The van der Waals surface area contributed by atoms with E-state index in [4.69, 9.17) is 5.11 Å². The largest absolute Gasteiger partial charge is 0.395 e. The number of β-amino-alcohol motifs (C(OH)–C–C–N with tert-alkyl or cyclic N) is 1. The van der Waals surface area contributed by atoms with Crippen LogP contribution in [0.1, 0.15) is 5.56 Å². The molecule has 0 saturated carbocycles. The minimum Gasteiger partial charge on any atom is -0.395 e. The Hall–Kier alpha value is -2.02. The van der Waals surface area contributed by atoms with Gasteiger partial charge in [-0.15, -0.1) is 0 Å². The van der Waals surface area contributed by atoms with Crippen molar-refractivity contribution in [3.8, 4) is 0 Å². The normalized spacial score (nSPS) is 16.2. The smallest absolute Gasteiger partial charge is 0.234 e. The van der Waals surface area contributed by atoms with Gasteiger partial charge in [0.15, 0.2) is 0 Å². The van der Waals surface area contributed by atoms with Crippen LogP contribution in [0.5, 0.6) is 0 Å². The average molecular weight is 342 g/mol. The maximum atomic E-state index is 12.2. The number of aliphatic hydroxyl groups excluding tert-OH is 1. The Morgan fingerprint density at radius 1 is 1.12 bits per heavy atom. The Morgan fingerprint density at radius 2 is 1.88 bits per heavy atom. The summed E-state index contributed by atoms with van der Waals surface area (Å²) in [5.41, 5.74) is 2.18. The fourth-order valence-electron chi connectivity index (χ4n) is 3.28. The van der Waals surface area contributed by atoms with Crippen LogP contribution in [-0.2, 0) is 11.2 Å². The molecule has 2 N–H and O–H groups in total. The van der Waals surface area contributed by atoms with Gasteiger partial charge < -0.3 is 10.4 Å². The van der Waals surface area contributed by atoms with Crippen LogP contribution in [0.4, 0.5) is 0 Å². The molecule has 25 heavy (non-hydrogen) atoms. The summed E-state index contributed by atoms with van der Waals surface area (Å²) in [4.78, 5) is 21.0. The van der Waals surface area contributed by atoms with Crippen molar-refractivity contribution in [3.63, 3.8) is 0 Å². The van der Waals surface area contributed by atoms with Gasteiger partial charge in [0.25, 0.3) is 0 Å². The minimum atomic E-state index is 0.0730. The molecule has 0 unspecified atom stereocenters. The molecule has 1 aromatic heterocycles. The van der Waals surface area contributed by atoms with E-state index in [1.54, 1.807) is 6.20 Å². The monoisotopic (exact) mass is 342 g/mol. The van der Waals surface area contributed by atoms with Crippen molar-refractivity contribution in [2.45, 2.75) is 6.42 Å². The van der Waals surface area contributed by atoms with Gasteiger partial charge in [0.2, 0.25) is 5.91 Å². The van der Waals surface area contributed by atoms with Crippen molar-refractivity contribution in [2.24, 2.45) is 0 Å². The number of aromatic nitrogens is 1. The third-order valence-corrected chi connectivity index (χ3v) is 4.68. The molecular formula is C19H26N4O2. The molecule has 1 aliphatic heterocycles. The average Bonchev–Trinajstić information content (AvgIpc) is 2.64. The molecule has 0 spiro atoms. The first-order valence-electron chi connectivity index (χ1n) is 8.91. The van der Waals surface area contributed by atoms with Crippen molar-refractivity contribution in [1.82, 2.24) is 20.1 Å². The second-order valence-electron chi connectivity index (χ2n) is 6.43. The number of carbonyl (C=O) groups is 1. The molecule has 0 aliphatic carbocycles. The van der Waals surface area contributed by atoms with E-state index in [2.05, 4.69) is 38.3 Å². The van der Waals surface area contributed by atoms with Crippen molar-refractivity contribution < 1.29 is 9.90 Å². The summed E-state index contributed by atoms with van der Waals surface area (Å²) >= 11 is 0. The third-order valence-electron chi connectivity index (χ3n) is 4.68. The lowest BCUT2D eigenvalue weighted by Crippen LogP contribution is -2.50. The lowest BCUT2D eigenvalue weighted by Gasteiger charge is -2.33. The summed E-state index contributed by atoms with van der Waals surface area (Å²) in [5.74, 6) is 0.0730. The molecule has 2 aromatic rings. The summed E-state index contributed by atoms with van der Waals surface area (Å²) in [5, 5.41) is 13.1. The van der Waals surface area contributed by atoms with E-state index in [-0.39, 0.29) is 12.5 Å². The van der Waals surface area contributed by atoms with E-state index in [0.717, 1.165) is 55.6 Å². The molecular weight excluding hydrogens is 316 g/mol. The second-order valence-corrected chi connectivity index (χ2v) is 6.43. The van der Waals surface area contributed by atoms with Crippen LogP contribution in [0.15, 0.2) is 36.5 Å². The first kappa shape index (κ1) is 17.8. The lowest BCUT2D eigenvalue weighted by molar-refractivity contribution is -0.122. The number of nitrogens with zero attached hydrogens (tertiary/aromatic N) is 3. The molecule has 0 atom stereocenters. The third kappa shape index (κ3) is 4.98. The molecule has 0 radical (unpaired) electrons. The highest BCUT2D eigenvalue weighted by molar-refractivity contribution is 5.81. The number of amides is 1. The summed E-state index contributed by atoms with van der Waals surface area (Å²) in [6, 6.07) is 10.2. The van der Waals surface area contributed by atoms with E-state index in [1.165, 1.54) is 0 Å². The summed E-state index contributed by atoms with van der Waals surface area (Å²) < 4.78 is 0. The van der Waals surface area contributed by atoms with E-state index in [1.807, 2.05) is 12.1 Å². The highest BCUT2D eigenvalue weighted by Crippen LogP contribution is 2.15. The topological polar surface area (TPSA) is 68.7 Å². The molecule has 6 heteroatoms. The predicted octanol–water partition coefficient (Wildman–Crippen LogP) is 0.503. The van der Waals surface area contributed by atoms with Crippen LogP contribution in [0.2, 0.25) is 0 Å². The maximum Gasteiger partial charge on any atom is 0.234 e. The van der Waals surface area contributed by atoms with Gasteiger partial charge in [-0.05, 0) is 18.1 Å².